The predicted octanol–water partition coefficient (Wildman–Crippen LogP) is 3.21. The summed E-state index contributed by atoms with van der Waals surface area (Å²) in [6.45, 7) is 2.99. The Kier molecular flexibility index (Phi) is 2.86. The van der Waals surface area contributed by atoms with Gasteiger partial charge in [0.2, 0.25) is 0 Å². The average molecular weight is 218 g/mol. The van der Waals surface area contributed by atoms with E-state index in [1.165, 1.54) is 4.88 Å². The number of aryl methyl sites for hydroxylation is 1. The summed E-state index contributed by atoms with van der Waals surface area (Å²) < 4.78 is 6.22. The second kappa shape index (κ2) is 3.95. The highest BCUT2D eigenvalue weighted by molar-refractivity contribution is 7.15. The first-order valence-corrected chi connectivity index (χ1v) is 5.77. The van der Waals surface area contributed by atoms with E-state index in [0.717, 1.165) is 31.6 Å². The van der Waals surface area contributed by atoms with Crippen LogP contribution >= 0.6 is 22.9 Å². The number of hydrogen-bond donors (Lipinski definition) is 0. The fourth-order valence-corrected chi connectivity index (χ4v) is 2.78. The van der Waals surface area contributed by atoms with Crippen molar-refractivity contribution in [3.8, 4) is 0 Å². The molecule has 1 fully saturated rings. The van der Waals surface area contributed by atoms with Crippen molar-refractivity contribution in [2.45, 2.75) is 32.3 Å². The van der Waals surface area contributed by atoms with Gasteiger partial charge in [-0.2, -0.15) is 0 Å². The van der Waals surface area contributed by atoms with Crippen LogP contribution in [-0.2, 0) is 11.2 Å². The molecule has 72 valence electrons. The lowest BCUT2D eigenvalue weighted by Crippen LogP contribution is -1.99. The smallest absolute Gasteiger partial charge is 0.184 e. The van der Waals surface area contributed by atoms with Gasteiger partial charge in [-0.05, 0) is 19.3 Å². The molecule has 1 atom stereocenters. The van der Waals surface area contributed by atoms with Crippen LogP contribution in [0.3, 0.4) is 0 Å². The van der Waals surface area contributed by atoms with E-state index >= 15 is 0 Å². The first-order valence-electron chi connectivity index (χ1n) is 4.58. The van der Waals surface area contributed by atoms with Crippen LogP contribution in [0.2, 0.25) is 4.47 Å². The third-order valence-electron chi connectivity index (χ3n) is 2.26. The van der Waals surface area contributed by atoms with Gasteiger partial charge in [-0.15, -0.1) is 11.3 Å². The molecule has 2 heterocycles. The molecule has 1 aromatic rings. The van der Waals surface area contributed by atoms with Gasteiger partial charge in [-0.3, -0.25) is 0 Å². The molecule has 0 radical (unpaired) electrons. The summed E-state index contributed by atoms with van der Waals surface area (Å²) in [5, 5.41) is 0. The molecule has 1 unspecified atom stereocenters. The molecule has 0 N–H and O–H groups in total. The summed E-state index contributed by atoms with van der Waals surface area (Å²) >= 11 is 7.45. The summed E-state index contributed by atoms with van der Waals surface area (Å²) in [6, 6.07) is 0. The minimum atomic E-state index is 0.207. The van der Waals surface area contributed by atoms with Gasteiger partial charge < -0.3 is 4.74 Å². The molecule has 0 spiro atoms. The molecule has 0 saturated carbocycles. The van der Waals surface area contributed by atoms with E-state index in [4.69, 9.17) is 16.3 Å². The van der Waals surface area contributed by atoms with E-state index in [9.17, 15) is 0 Å². The first kappa shape index (κ1) is 9.44. The van der Waals surface area contributed by atoms with Crippen LogP contribution in [0.5, 0.6) is 0 Å². The van der Waals surface area contributed by atoms with Crippen molar-refractivity contribution in [1.29, 1.82) is 0 Å². The molecule has 0 aromatic carbocycles. The van der Waals surface area contributed by atoms with Crippen LogP contribution in [0.1, 0.15) is 36.4 Å². The minimum absolute atomic E-state index is 0.207. The molecule has 1 aromatic heterocycles. The molecule has 2 rings (SSSR count). The number of aromatic nitrogens is 1. The minimum Gasteiger partial charge on any atom is -0.372 e. The molecular formula is C9H12ClNOS. The van der Waals surface area contributed by atoms with Gasteiger partial charge in [0.05, 0.1) is 5.69 Å². The quantitative estimate of drug-likeness (QED) is 0.759. The Morgan fingerprint density at radius 3 is 3.15 bits per heavy atom. The summed E-state index contributed by atoms with van der Waals surface area (Å²) in [5.74, 6) is 0. The Morgan fingerprint density at radius 2 is 2.54 bits per heavy atom. The molecule has 0 bridgehead atoms. The summed E-state index contributed by atoms with van der Waals surface area (Å²) in [4.78, 5) is 5.60. The second-order valence-corrected chi connectivity index (χ2v) is 4.80. The highest BCUT2D eigenvalue weighted by Crippen LogP contribution is 2.34. The number of halogens is 1. The van der Waals surface area contributed by atoms with Crippen molar-refractivity contribution in [2.24, 2.45) is 0 Å². The topological polar surface area (TPSA) is 22.1 Å². The predicted molar refractivity (Wildman–Crippen MR) is 54.4 cm³/mol. The van der Waals surface area contributed by atoms with Gasteiger partial charge in [0, 0.05) is 11.5 Å². The van der Waals surface area contributed by atoms with Crippen LogP contribution in [0, 0.1) is 0 Å². The lowest BCUT2D eigenvalue weighted by atomic mass is 10.1. The highest BCUT2D eigenvalue weighted by Gasteiger charge is 2.23. The van der Waals surface area contributed by atoms with Gasteiger partial charge in [0.25, 0.3) is 0 Å². The highest BCUT2D eigenvalue weighted by atomic mass is 35.5. The lowest BCUT2D eigenvalue weighted by Gasteiger charge is -2.07. The zero-order valence-electron chi connectivity index (χ0n) is 7.55. The van der Waals surface area contributed by atoms with E-state index in [-0.39, 0.29) is 6.10 Å². The summed E-state index contributed by atoms with van der Waals surface area (Å²) in [6.07, 6.45) is 3.44. The molecule has 13 heavy (non-hydrogen) atoms. The third-order valence-corrected chi connectivity index (χ3v) is 3.58. The van der Waals surface area contributed by atoms with Crippen molar-refractivity contribution in [1.82, 2.24) is 4.98 Å². The lowest BCUT2D eigenvalue weighted by molar-refractivity contribution is 0.108. The molecule has 1 saturated heterocycles. The molecule has 0 aliphatic carbocycles. The monoisotopic (exact) mass is 217 g/mol. The zero-order valence-corrected chi connectivity index (χ0v) is 9.12. The molecule has 0 amide bonds. The molecule has 2 nitrogen and oxygen atoms in total. The number of rotatable bonds is 2. The zero-order chi connectivity index (χ0) is 9.26. The normalized spacial score (nSPS) is 22.5. The number of nitrogens with zero attached hydrogens (tertiary/aromatic N) is 1. The Bertz CT molecular complexity index is 294. The number of hydrogen-bond acceptors (Lipinski definition) is 3. The largest absolute Gasteiger partial charge is 0.372 e. The molecule has 4 heteroatoms. The van der Waals surface area contributed by atoms with Crippen LogP contribution in [0.15, 0.2) is 0 Å². The van der Waals surface area contributed by atoms with Crippen molar-refractivity contribution < 1.29 is 4.74 Å². The number of thiazole rings is 1. The standard InChI is InChI=1S/C9H12ClNOS/c1-2-7-8(11-9(10)13-7)6-4-3-5-12-6/h6H,2-5H2,1H3. The van der Waals surface area contributed by atoms with Crippen molar-refractivity contribution in [2.75, 3.05) is 6.61 Å². The Labute approximate surface area is 86.9 Å². The fraction of sp³-hybridized carbons (Fsp3) is 0.667. The van der Waals surface area contributed by atoms with Gasteiger partial charge >= 0.3 is 0 Å². The van der Waals surface area contributed by atoms with Gasteiger partial charge in [0.1, 0.15) is 6.10 Å². The average Bonchev–Trinajstić information content (AvgIpc) is 2.71. The van der Waals surface area contributed by atoms with Gasteiger partial charge in [-0.25, -0.2) is 4.98 Å². The number of ether oxygens (including phenoxy) is 1. The van der Waals surface area contributed by atoms with Crippen molar-refractivity contribution >= 4 is 22.9 Å². The maximum Gasteiger partial charge on any atom is 0.184 e. The van der Waals surface area contributed by atoms with Crippen LogP contribution in [0.4, 0.5) is 0 Å². The molecular weight excluding hydrogens is 206 g/mol. The Balaban J connectivity index is 2.26. The van der Waals surface area contributed by atoms with E-state index in [2.05, 4.69) is 11.9 Å². The summed E-state index contributed by atoms with van der Waals surface area (Å²) in [7, 11) is 0. The fourth-order valence-electron chi connectivity index (χ4n) is 1.63. The van der Waals surface area contributed by atoms with Crippen molar-refractivity contribution in [3.63, 3.8) is 0 Å². The maximum absolute atomic E-state index is 5.87. The Hall–Kier alpha value is -0.120. The second-order valence-electron chi connectivity index (χ2n) is 3.13. The third kappa shape index (κ3) is 1.87. The van der Waals surface area contributed by atoms with Crippen LogP contribution in [0.25, 0.3) is 0 Å². The van der Waals surface area contributed by atoms with Crippen molar-refractivity contribution in [3.05, 3.63) is 15.0 Å². The van der Waals surface area contributed by atoms with E-state index in [0.29, 0.717) is 4.47 Å². The summed E-state index contributed by atoms with van der Waals surface area (Å²) in [5.41, 5.74) is 1.08. The first-order chi connectivity index (χ1) is 6.31. The van der Waals surface area contributed by atoms with Crippen LogP contribution in [-0.4, -0.2) is 11.6 Å². The maximum atomic E-state index is 5.87. The van der Waals surface area contributed by atoms with Gasteiger partial charge in [0.15, 0.2) is 4.47 Å². The molecule has 1 aliphatic rings. The SMILES string of the molecule is CCc1sc(Cl)nc1C1CCCO1. The van der Waals surface area contributed by atoms with E-state index in [1.54, 1.807) is 11.3 Å². The Morgan fingerprint density at radius 1 is 1.69 bits per heavy atom. The van der Waals surface area contributed by atoms with E-state index in [1.807, 2.05) is 0 Å². The molecule has 1 aliphatic heterocycles. The van der Waals surface area contributed by atoms with E-state index < -0.39 is 0 Å². The van der Waals surface area contributed by atoms with Crippen LogP contribution < -0.4 is 0 Å². The van der Waals surface area contributed by atoms with Gasteiger partial charge in [-0.1, -0.05) is 18.5 Å².